The topological polar surface area (TPSA) is 108 Å². The molecule has 0 aliphatic carbocycles. The summed E-state index contributed by atoms with van der Waals surface area (Å²) in [7, 11) is 4.15. The minimum atomic E-state index is -0.750. The Bertz CT molecular complexity index is 1230. The number of hydrogen-bond acceptors (Lipinski definition) is 7. The molecular formula is C46H82N2O5Zr. The van der Waals surface area contributed by atoms with Crippen molar-refractivity contribution in [3.05, 3.63) is 57.6 Å². The van der Waals surface area contributed by atoms with E-state index in [0.29, 0.717) is 13.1 Å². The fraction of sp³-hybridized carbons (Fsp3) is 0.739. The van der Waals surface area contributed by atoms with Crippen LogP contribution in [-0.4, -0.2) is 61.4 Å². The van der Waals surface area contributed by atoms with Crippen LogP contribution in [0.25, 0.3) is 0 Å². The molecule has 0 bridgehead atoms. The van der Waals surface area contributed by atoms with Crippen molar-refractivity contribution >= 4 is 0 Å². The van der Waals surface area contributed by atoms with E-state index in [9.17, 15) is 20.4 Å². The van der Waals surface area contributed by atoms with Crippen molar-refractivity contribution in [3.8, 4) is 11.5 Å². The second kappa shape index (κ2) is 23.2. The number of ether oxygens (including phenoxy) is 1. The second-order valence-electron chi connectivity index (χ2n) is 20.5. The van der Waals surface area contributed by atoms with Crippen LogP contribution in [0.4, 0.5) is 0 Å². The van der Waals surface area contributed by atoms with Gasteiger partial charge in [0.25, 0.3) is 0 Å². The number of hydrogen-bond donors (Lipinski definition) is 0. The monoisotopic (exact) mass is 833 g/mol. The van der Waals surface area contributed by atoms with E-state index in [0.717, 1.165) is 48.6 Å². The molecule has 54 heavy (non-hydrogen) atoms. The molecule has 2 rings (SSSR count). The molecule has 310 valence electrons. The van der Waals surface area contributed by atoms with Crippen LogP contribution in [0.1, 0.15) is 172 Å². The Morgan fingerprint density at radius 2 is 0.722 bits per heavy atom. The van der Waals surface area contributed by atoms with E-state index in [1.54, 1.807) is 41.5 Å². The molecule has 0 aliphatic heterocycles. The Morgan fingerprint density at radius 1 is 0.481 bits per heavy atom. The van der Waals surface area contributed by atoms with Gasteiger partial charge in [0.05, 0.1) is 0 Å². The van der Waals surface area contributed by atoms with Crippen LogP contribution in [0.5, 0.6) is 11.5 Å². The van der Waals surface area contributed by atoms with Crippen LogP contribution in [0.2, 0.25) is 0 Å². The molecule has 2 aromatic carbocycles. The number of benzene rings is 2. The predicted octanol–water partition coefficient (Wildman–Crippen LogP) is 7.92. The molecule has 0 saturated carbocycles. The van der Waals surface area contributed by atoms with Crippen molar-refractivity contribution in [2.45, 2.75) is 184 Å². The summed E-state index contributed by atoms with van der Waals surface area (Å²) in [5.41, 5.74) is 3.98. The first kappa shape index (κ1) is 57.0. The van der Waals surface area contributed by atoms with Crippen LogP contribution in [0.3, 0.4) is 0 Å². The summed E-state index contributed by atoms with van der Waals surface area (Å²) in [5, 5.41) is 47.0. The normalized spacial score (nSPS) is 12.6. The molecule has 0 fully saturated rings. The first-order valence-corrected chi connectivity index (χ1v) is 19.5. The van der Waals surface area contributed by atoms with Gasteiger partial charge in [0.1, 0.15) is 0 Å². The number of nitrogens with zero attached hydrogens (tertiary/aromatic N) is 2. The zero-order valence-corrected chi connectivity index (χ0v) is 41.4. The molecule has 0 unspecified atom stereocenters. The van der Waals surface area contributed by atoms with Crippen LogP contribution in [0.15, 0.2) is 24.3 Å². The summed E-state index contributed by atoms with van der Waals surface area (Å²) in [5.74, 6) is 0.325. The molecule has 0 atom stereocenters. The number of likely N-dealkylation sites (N-methyl/N-ethyl adjacent to an activating group) is 2. The molecule has 2 aromatic rings. The molecule has 0 saturated heterocycles. The summed E-state index contributed by atoms with van der Waals surface area (Å²) in [6.07, 6.45) is 0. The zero-order chi connectivity index (χ0) is 42.6. The van der Waals surface area contributed by atoms with E-state index < -0.39 is 11.2 Å². The summed E-state index contributed by atoms with van der Waals surface area (Å²) < 4.78 is 4.83. The third kappa shape index (κ3) is 25.8. The van der Waals surface area contributed by atoms with Crippen molar-refractivity contribution in [3.63, 3.8) is 0 Å². The van der Waals surface area contributed by atoms with Crippen molar-refractivity contribution in [1.29, 1.82) is 0 Å². The minimum Gasteiger partial charge on any atom is -0.872 e. The first-order valence-electron chi connectivity index (χ1n) is 19.5. The maximum Gasteiger partial charge on any atom is 4.00 e. The van der Waals surface area contributed by atoms with Gasteiger partial charge in [0.2, 0.25) is 0 Å². The van der Waals surface area contributed by atoms with Gasteiger partial charge >= 0.3 is 26.2 Å². The summed E-state index contributed by atoms with van der Waals surface area (Å²) in [6.45, 7) is 44.2. The van der Waals surface area contributed by atoms with E-state index in [2.05, 4.69) is 131 Å². The maximum atomic E-state index is 13.4. The van der Waals surface area contributed by atoms with Gasteiger partial charge in [0, 0.05) is 39.4 Å². The van der Waals surface area contributed by atoms with E-state index in [4.69, 9.17) is 4.74 Å². The van der Waals surface area contributed by atoms with Gasteiger partial charge in [-0.05, 0) is 83.0 Å². The molecule has 0 N–H and O–H groups in total. The van der Waals surface area contributed by atoms with Gasteiger partial charge in [-0.25, -0.2) is 0 Å². The van der Waals surface area contributed by atoms with E-state index in [-0.39, 0.29) is 59.4 Å². The van der Waals surface area contributed by atoms with Gasteiger partial charge in [-0.2, -0.15) is 0 Å². The third-order valence-corrected chi connectivity index (χ3v) is 7.83. The van der Waals surface area contributed by atoms with Gasteiger partial charge in [-0.3, -0.25) is 0 Å². The van der Waals surface area contributed by atoms with Gasteiger partial charge < -0.3 is 35.0 Å². The maximum absolute atomic E-state index is 13.4. The Kier molecular flexibility index (Phi) is 24.5. The second-order valence-corrected chi connectivity index (χ2v) is 20.5. The standard InChI is InChI=1S/C34H56N2O2.2C4H9O.C4H10O.Zr/c1-31(2,3)25-17-23(29(37)27(19-25)33(7,8)9)21-35(13)15-16-36(14)22-24-18-26(32(4,5)6)20-28(30(24)38)34(10,11)12;2*1-4(2,3)5;1-3-5-4-2;/h17-20,37-38H,15-16,21-22H2,1-14H3;2*1-3H3;3-4H2,1-2H3;/q;2*-1;;+4/p-2. The van der Waals surface area contributed by atoms with Crippen molar-refractivity contribution in [2.75, 3.05) is 40.4 Å². The Labute approximate surface area is 353 Å². The fourth-order valence-corrected chi connectivity index (χ4v) is 4.88. The molecule has 7 nitrogen and oxygen atoms in total. The molecule has 0 radical (unpaired) electrons. The average Bonchev–Trinajstić information content (AvgIpc) is 2.90. The van der Waals surface area contributed by atoms with Crippen LogP contribution < -0.4 is 20.4 Å². The zero-order valence-electron chi connectivity index (χ0n) is 39.0. The van der Waals surface area contributed by atoms with Gasteiger partial charge in [0.15, 0.2) is 0 Å². The molecule has 0 aromatic heterocycles. The molecule has 0 heterocycles. The van der Waals surface area contributed by atoms with Crippen LogP contribution in [-0.2, 0) is 65.7 Å². The van der Waals surface area contributed by atoms with Crippen molar-refractivity contribution in [1.82, 2.24) is 9.80 Å². The van der Waals surface area contributed by atoms with E-state index >= 15 is 0 Å². The van der Waals surface area contributed by atoms with Crippen molar-refractivity contribution in [2.24, 2.45) is 0 Å². The molecule has 8 heteroatoms. The summed E-state index contributed by atoms with van der Waals surface area (Å²) in [4.78, 5) is 4.44. The average molecular weight is 834 g/mol. The Hall–Kier alpha value is -1.28. The Morgan fingerprint density at radius 3 is 0.889 bits per heavy atom. The minimum absolute atomic E-state index is 0. The SMILES string of the molecule is CC(C)(C)[O-].CC(C)(C)[O-].CCOCC.CN(CCN(C)Cc1cc(C(C)(C)C)cc(C(C)(C)C)c1[O-])Cc1cc(C(C)(C)C)cc(C(C)(C)C)c1[O-].[Zr+4]. The van der Waals surface area contributed by atoms with Gasteiger partial charge in [-0.1, -0.05) is 149 Å². The predicted molar refractivity (Wildman–Crippen MR) is 221 cm³/mol. The third-order valence-electron chi connectivity index (χ3n) is 7.83. The molecular weight excluding hydrogens is 752 g/mol. The van der Waals surface area contributed by atoms with Crippen molar-refractivity contribution < 1.29 is 51.4 Å². The quantitative estimate of drug-likeness (QED) is 0.253. The molecule has 0 spiro atoms. The summed E-state index contributed by atoms with van der Waals surface area (Å²) >= 11 is 0. The Balaban J connectivity index is -0.00000137. The van der Waals surface area contributed by atoms with E-state index in [1.165, 1.54) is 11.1 Å². The molecule has 0 amide bonds. The van der Waals surface area contributed by atoms with E-state index in [1.807, 2.05) is 13.8 Å². The molecule has 0 aliphatic rings. The summed E-state index contributed by atoms with van der Waals surface area (Å²) in [6, 6.07) is 8.43. The van der Waals surface area contributed by atoms with Crippen LogP contribution in [0, 0.1) is 0 Å². The smallest absolute Gasteiger partial charge is 0.872 e. The van der Waals surface area contributed by atoms with Crippen LogP contribution >= 0.6 is 0 Å². The largest absolute Gasteiger partial charge is 4.00 e. The fourth-order valence-electron chi connectivity index (χ4n) is 4.88. The number of rotatable bonds is 9. The van der Waals surface area contributed by atoms with Gasteiger partial charge in [-0.15, -0.1) is 22.7 Å². The first-order chi connectivity index (χ1) is 23.4.